The number of hydrogen-bond donors (Lipinski definition) is 0. The molecule has 4 aromatic rings. The van der Waals surface area contributed by atoms with Crippen molar-refractivity contribution in [2.75, 3.05) is 7.11 Å². The van der Waals surface area contributed by atoms with Crippen molar-refractivity contribution in [2.24, 2.45) is 0 Å². The van der Waals surface area contributed by atoms with E-state index in [1.54, 1.807) is 7.11 Å². The number of esters is 1. The molecule has 0 radical (unpaired) electrons. The van der Waals surface area contributed by atoms with Crippen molar-refractivity contribution < 1.29 is 14.3 Å². The van der Waals surface area contributed by atoms with Crippen LogP contribution in [-0.2, 0) is 22.7 Å². The summed E-state index contributed by atoms with van der Waals surface area (Å²) in [5.41, 5.74) is 2.22. The Labute approximate surface area is 171 Å². The molecule has 0 saturated heterocycles. The molecule has 2 aromatic carbocycles. The van der Waals surface area contributed by atoms with Gasteiger partial charge in [0.1, 0.15) is 23.6 Å². The van der Waals surface area contributed by atoms with Gasteiger partial charge in [-0.2, -0.15) is 0 Å². The number of aromatic nitrogens is 2. The number of carbonyl (C=O) groups excluding carboxylic acids is 1. The Hall–Kier alpha value is -3.45. The predicted molar refractivity (Wildman–Crippen MR) is 112 cm³/mol. The molecule has 4 rings (SSSR count). The molecule has 0 unspecified atom stereocenters. The van der Waals surface area contributed by atoms with Crippen molar-refractivity contribution in [3.05, 3.63) is 82.9 Å². The van der Waals surface area contributed by atoms with Crippen molar-refractivity contribution in [1.82, 2.24) is 9.55 Å². The van der Waals surface area contributed by atoms with E-state index in [2.05, 4.69) is 4.98 Å². The Morgan fingerprint density at radius 2 is 1.86 bits per heavy atom. The molecule has 0 fully saturated rings. The van der Waals surface area contributed by atoms with Gasteiger partial charge in [-0.25, -0.2) is 4.98 Å². The Bertz CT molecular complexity index is 1200. The third-order valence-corrected chi connectivity index (χ3v) is 5.58. The summed E-state index contributed by atoms with van der Waals surface area (Å²) in [6.45, 7) is -0.00487. The molecule has 146 valence electrons. The second-order valence-electron chi connectivity index (χ2n) is 6.38. The molecular weight excluding hydrogens is 388 g/mol. The van der Waals surface area contributed by atoms with E-state index in [9.17, 15) is 9.59 Å². The monoisotopic (exact) mass is 406 g/mol. The molecule has 0 atom stereocenters. The molecule has 0 amide bonds. The quantitative estimate of drug-likeness (QED) is 0.455. The van der Waals surface area contributed by atoms with E-state index in [4.69, 9.17) is 9.47 Å². The van der Waals surface area contributed by atoms with E-state index in [-0.39, 0.29) is 18.7 Å². The maximum atomic E-state index is 12.8. The predicted octanol–water partition coefficient (Wildman–Crippen LogP) is 3.88. The summed E-state index contributed by atoms with van der Waals surface area (Å²) >= 11 is 1.35. The van der Waals surface area contributed by atoms with E-state index >= 15 is 0 Å². The number of fused-ring (bicyclic) bond motifs is 1. The van der Waals surface area contributed by atoms with E-state index in [0.717, 1.165) is 21.8 Å². The Kier molecular flexibility index (Phi) is 5.39. The molecule has 29 heavy (non-hydrogen) atoms. The lowest BCUT2D eigenvalue weighted by Crippen LogP contribution is -2.25. The van der Waals surface area contributed by atoms with Crippen LogP contribution in [0.4, 0.5) is 0 Å². The standard InChI is InChI=1S/C22H18N2O4S/c1-27-17-9-7-16(8-10-17)19-11-18-21(29-19)22(26)24(14-23-18)12-20(25)28-13-15-5-3-2-4-6-15/h2-11,14H,12-13H2,1H3. The van der Waals surface area contributed by atoms with Crippen LogP contribution in [0.15, 0.2) is 71.8 Å². The zero-order valence-electron chi connectivity index (χ0n) is 15.7. The molecule has 0 saturated carbocycles. The topological polar surface area (TPSA) is 70.4 Å². The minimum absolute atomic E-state index is 0.171. The number of ether oxygens (including phenoxy) is 2. The smallest absolute Gasteiger partial charge is 0.326 e. The third-order valence-electron chi connectivity index (χ3n) is 4.42. The second-order valence-corrected chi connectivity index (χ2v) is 7.43. The van der Waals surface area contributed by atoms with Gasteiger partial charge in [0.15, 0.2) is 0 Å². The van der Waals surface area contributed by atoms with Gasteiger partial charge in [-0.05, 0) is 41.5 Å². The van der Waals surface area contributed by atoms with Crippen LogP contribution in [0, 0.1) is 0 Å². The summed E-state index contributed by atoms with van der Waals surface area (Å²) in [5.74, 6) is 0.286. The highest BCUT2D eigenvalue weighted by atomic mass is 32.1. The molecule has 0 spiro atoms. The minimum atomic E-state index is -0.482. The van der Waals surface area contributed by atoms with Crippen LogP contribution < -0.4 is 10.3 Å². The summed E-state index contributed by atoms with van der Waals surface area (Å²) in [4.78, 5) is 30.2. The number of thiophene rings is 1. The fourth-order valence-corrected chi connectivity index (χ4v) is 3.94. The fraction of sp³-hybridized carbons (Fsp3) is 0.136. The van der Waals surface area contributed by atoms with Crippen molar-refractivity contribution in [2.45, 2.75) is 13.2 Å². The van der Waals surface area contributed by atoms with Crippen molar-refractivity contribution in [3.8, 4) is 16.2 Å². The second kappa shape index (κ2) is 8.28. The minimum Gasteiger partial charge on any atom is -0.497 e. The summed E-state index contributed by atoms with van der Waals surface area (Å²) in [6, 6.07) is 18.9. The van der Waals surface area contributed by atoms with Crippen LogP contribution in [0.5, 0.6) is 5.75 Å². The van der Waals surface area contributed by atoms with Gasteiger partial charge < -0.3 is 9.47 Å². The average molecular weight is 406 g/mol. The lowest BCUT2D eigenvalue weighted by Gasteiger charge is -2.06. The van der Waals surface area contributed by atoms with E-state index < -0.39 is 5.97 Å². The molecule has 7 heteroatoms. The summed E-state index contributed by atoms with van der Waals surface area (Å²) in [7, 11) is 1.62. The number of benzene rings is 2. The van der Waals surface area contributed by atoms with Crippen LogP contribution in [-0.4, -0.2) is 22.6 Å². The molecule has 0 N–H and O–H groups in total. The van der Waals surface area contributed by atoms with Gasteiger partial charge in [-0.1, -0.05) is 30.3 Å². The molecule has 2 aromatic heterocycles. The molecule has 6 nitrogen and oxygen atoms in total. The maximum Gasteiger partial charge on any atom is 0.326 e. The largest absolute Gasteiger partial charge is 0.497 e. The Morgan fingerprint density at radius 1 is 1.10 bits per heavy atom. The molecule has 0 aliphatic rings. The first kappa shape index (κ1) is 18.9. The molecular formula is C22H18N2O4S. The van der Waals surface area contributed by atoms with Crippen molar-refractivity contribution in [3.63, 3.8) is 0 Å². The highest BCUT2D eigenvalue weighted by Crippen LogP contribution is 2.31. The van der Waals surface area contributed by atoms with E-state index in [0.29, 0.717) is 10.2 Å². The molecule has 0 bridgehead atoms. The van der Waals surface area contributed by atoms with Gasteiger partial charge in [0, 0.05) is 4.88 Å². The number of rotatable bonds is 6. The van der Waals surface area contributed by atoms with Gasteiger partial charge >= 0.3 is 5.97 Å². The van der Waals surface area contributed by atoms with Crippen LogP contribution in [0.3, 0.4) is 0 Å². The first-order valence-corrected chi connectivity index (χ1v) is 9.78. The van der Waals surface area contributed by atoms with Crippen LogP contribution >= 0.6 is 11.3 Å². The Morgan fingerprint density at radius 3 is 2.59 bits per heavy atom. The number of hydrogen-bond acceptors (Lipinski definition) is 6. The Balaban J connectivity index is 1.52. The van der Waals surface area contributed by atoms with Gasteiger partial charge in [-0.3, -0.25) is 14.2 Å². The van der Waals surface area contributed by atoms with Gasteiger partial charge in [0.25, 0.3) is 5.56 Å². The first-order valence-electron chi connectivity index (χ1n) is 8.97. The fourth-order valence-electron chi connectivity index (χ4n) is 2.88. The molecule has 2 heterocycles. The lowest BCUT2D eigenvalue weighted by atomic mass is 10.2. The van der Waals surface area contributed by atoms with Crippen molar-refractivity contribution in [1.29, 1.82) is 0 Å². The highest BCUT2D eigenvalue weighted by molar-refractivity contribution is 7.22. The number of carbonyl (C=O) groups is 1. The maximum absolute atomic E-state index is 12.8. The normalized spacial score (nSPS) is 10.8. The van der Waals surface area contributed by atoms with Gasteiger partial charge in [0.05, 0.1) is 19.0 Å². The zero-order chi connectivity index (χ0) is 20.2. The van der Waals surface area contributed by atoms with Crippen LogP contribution in [0.1, 0.15) is 5.56 Å². The summed E-state index contributed by atoms with van der Waals surface area (Å²) < 4.78 is 12.2. The third kappa shape index (κ3) is 4.20. The first-order chi connectivity index (χ1) is 14.1. The zero-order valence-corrected chi connectivity index (χ0v) is 16.5. The van der Waals surface area contributed by atoms with Crippen LogP contribution in [0.2, 0.25) is 0 Å². The van der Waals surface area contributed by atoms with Gasteiger partial charge in [0.2, 0.25) is 0 Å². The summed E-state index contributed by atoms with van der Waals surface area (Å²) in [6.07, 6.45) is 1.39. The van der Waals surface area contributed by atoms with Crippen LogP contribution in [0.25, 0.3) is 20.7 Å². The van der Waals surface area contributed by atoms with Crippen molar-refractivity contribution >= 4 is 27.5 Å². The molecule has 0 aliphatic carbocycles. The highest BCUT2D eigenvalue weighted by Gasteiger charge is 2.13. The van der Waals surface area contributed by atoms with E-state index in [1.807, 2.05) is 60.7 Å². The average Bonchev–Trinajstić information content (AvgIpc) is 3.20. The number of nitrogens with zero attached hydrogens (tertiary/aromatic N) is 2. The molecule has 0 aliphatic heterocycles. The van der Waals surface area contributed by atoms with E-state index in [1.165, 1.54) is 22.2 Å². The summed E-state index contributed by atoms with van der Waals surface area (Å²) in [5, 5.41) is 0. The van der Waals surface area contributed by atoms with Gasteiger partial charge in [-0.15, -0.1) is 11.3 Å². The SMILES string of the molecule is COc1ccc(-c2cc3ncn(CC(=O)OCc4ccccc4)c(=O)c3s2)cc1. The number of methoxy groups -OCH3 is 1. The lowest BCUT2D eigenvalue weighted by molar-refractivity contribution is -0.145.